The van der Waals surface area contributed by atoms with Gasteiger partial charge in [0.2, 0.25) is 0 Å². The Balaban J connectivity index is 1.97. The molecular weight excluding hydrogens is 325 g/mol. The number of hydrogen-bond donors (Lipinski definition) is 1. The third-order valence-electron chi connectivity index (χ3n) is 2.56. The predicted octanol–water partition coefficient (Wildman–Crippen LogP) is 4.50. The highest BCUT2D eigenvalue weighted by Gasteiger charge is 2.32. The van der Waals surface area contributed by atoms with E-state index in [0.29, 0.717) is 33.2 Å². The van der Waals surface area contributed by atoms with Crippen LogP contribution < -0.4 is 5.32 Å². The Morgan fingerprint density at radius 2 is 1.95 bits per heavy atom. The lowest BCUT2D eigenvalue weighted by atomic mass is 10.3. The van der Waals surface area contributed by atoms with Crippen LogP contribution in [0.3, 0.4) is 0 Å². The Morgan fingerprint density at radius 3 is 2.67 bits per heavy atom. The first-order chi connectivity index (χ1) is 9.93. The van der Waals surface area contributed by atoms with Gasteiger partial charge in [0.15, 0.2) is 5.65 Å². The molecule has 0 atom stereocenters. The molecule has 0 spiro atoms. The molecule has 3 aromatic heterocycles. The molecule has 1 N–H and O–H groups in total. The summed E-state index contributed by atoms with van der Waals surface area (Å²) in [5.41, 5.74) is 1.27. The van der Waals surface area contributed by atoms with Gasteiger partial charge >= 0.3 is 6.18 Å². The van der Waals surface area contributed by atoms with Crippen LogP contribution >= 0.6 is 22.9 Å². The molecule has 0 aliphatic rings. The highest BCUT2D eigenvalue weighted by atomic mass is 35.5. The van der Waals surface area contributed by atoms with Gasteiger partial charge in [0, 0.05) is 6.20 Å². The number of nitrogens with zero attached hydrogens (tertiary/aromatic N) is 3. The number of aromatic nitrogens is 3. The Hall–Kier alpha value is -1.93. The van der Waals surface area contributed by atoms with Crippen LogP contribution in [-0.2, 0) is 6.18 Å². The van der Waals surface area contributed by atoms with E-state index in [1.807, 2.05) is 0 Å². The molecule has 108 valence electrons. The molecule has 0 aliphatic carbocycles. The molecule has 3 rings (SSSR count). The van der Waals surface area contributed by atoms with Crippen molar-refractivity contribution in [1.29, 1.82) is 0 Å². The zero-order valence-corrected chi connectivity index (χ0v) is 11.7. The van der Waals surface area contributed by atoms with Gasteiger partial charge in [-0.25, -0.2) is 15.0 Å². The molecule has 0 unspecified atom stereocenters. The van der Waals surface area contributed by atoms with Gasteiger partial charge < -0.3 is 5.32 Å². The van der Waals surface area contributed by atoms with Crippen LogP contribution in [0.4, 0.5) is 23.9 Å². The second-order valence-corrected chi connectivity index (χ2v) is 5.48. The molecule has 0 saturated heterocycles. The minimum absolute atomic E-state index is 0.197. The van der Waals surface area contributed by atoms with Gasteiger partial charge in [-0.3, -0.25) is 0 Å². The Kier molecular flexibility index (Phi) is 3.42. The summed E-state index contributed by atoms with van der Waals surface area (Å²) in [6.45, 7) is 0. The van der Waals surface area contributed by atoms with Crippen molar-refractivity contribution in [3.63, 3.8) is 0 Å². The third-order valence-corrected chi connectivity index (χ3v) is 3.79. The summed E-state index contributed by atoms with van der Waals surface area (Å²) in [5.74, 6) is 0. The van der Waals surface area contributed by atoms with E-state index in [1.165, 1.54) is 18.5 Å². The second kappa shape index (κ2) is 5.12. The molecule has 3 aromatic rings. The average molecular weight is 331 g/mol. The topological polar surface area (TPSA) is 50.7 Å². The smallest absolute Gasteiger partial charge is 0.345 e. The summed E-state index contributed by atoms with van der Waals surface area (Å²) in [6, 6.07) is 4.00. The molecule has 0 radical (unpaired) electrons. The van der Waals surface area contributed by atoms with Crippen molar-refractivity contribution in [2.45, 2.75) is 6.18 Å². The van der Waals surface area contributed by atoms with E-state index in [1.54, 1.807) is 6.07 Å². The lowest BCUT2D eigenvalue weighted by Crippen LogP contribution is -2.00. The van der Waals surface area contributed by atoms with Crippen LogP contribution in [0.15, 0.2) is 30.6 Å². The molecule has 0 aromatic carbocycles. The summed E-state index contributed by atoms with van der Waals surface area (Å²) in [6.07, 6.45) is -1.52. The van der Waals surface area contributed by atoms with Crippen LogP contribution in [0, 0.1) is 0 Å². The maximum atomic E-state index is 12.6. The third kappa shape index (κ3) is 2.91. The van der Waals surface area contributed by atoms with Crippen LogP contribution in [0.5, 0.6) is 0 Å². The van der Waals surface area contributed by atoms with E-state index < -0.39 is 11.1 Å². The maximum Gasteiger partial charge on any atom is 0.425 e. The monoisotopic (exact) mass is 330 g/mol. The van der Waals surface area contributed by atoms with Crippen LogP contribution in [0.2, 0.25) is 5.15 Å². The van der Waals surface area contributed by atoms with Crippen LogP contribution in [-0.4, -0.2) is 15.0 Å². The first-order valence-electron chi connectivity index (χ1n) is 5.65. The Morgan fingerprint density at radius 1 is 1.14 bits per heavy atom. The standard InChI is InChI=1S/C12H6ClF3N4S/c13-8-5-18-10-6(3-4-17-11(10)20-8)19-9-2-1-7(21-9)12(14,15)16/h1-5H,(H,17,19,20). The number of halogens is 4. The number of fused-ring (bicyclic) bond motifs is 1. The zero-order chi connectivity index (χ0) is 15.0. The molecule has 3 heterocycles. The number of nitrogens with one attached hydrogen (secondary N) is 1. The van der Waals surface area contributed by atoms with Gasteiger partial charge in [-0.2, -0.15) is 13.2 Å². The fraction of sp³-hybridized carbons (Fsp3) is 0.0833. The van der Waals surface area contributed by atoms with Crippen LogP contribution in [0.1, 0.15) is 4.88 Å². The molecule has 9 heteroatoms. The minimum Gasteiger partial charge on any atom is -0.345 e. The second-order valence-electron chi connectivity index (χ2n) is 4.01. The highest BCUT2D eigenvalue weighted by Crippen LogP contribution is 2.38. The lowest BCUT2D eigenvalue weighted by Gasteiger charge is -2.06. The minimum atomic E-state index is -4.35. The van der Waals surface area contributed by atoms with E-state index in [4.69, 9.17) is 11.6 Å². The van der Waals surface area contributed by atoms with E-state index in [-0.39, 0.29) is 5.15 Å². The van der Waals surface area contributed by atoms with Gasteiger partial charge in [-0.15, -0.1) is 11.3 Å². The summed E-state index contributed by atoms with van der Waals surface area (Å²) in [4.78, 5) is 11.4. The molecule has 0 amide bonds. The fourth-order valence-electron chi connectivity index (χ4n) is 1.69. The molecule has 0 fully saturated rings. The number of hydrogen-bond acceptors (Lipinski definition) is 5. The largest absolute Gasteiger partial charge is 0.425 e. The number of alkyl halides is 3. The molecular formula is C12H6ClF3N4S. The summed E-state index contributed by atoms with van der Waals surface area (Å²) in [7, 11) is 0. The lowest BCUT2D eigenvalue weighted by molar-refractivity contribution is -0.134. The zero-order valence-electron chi connectivity index (χ0n) is 10.1. The van der Waals surface area contributed by atoms with Gasteiger partial charge in [0.1, 0.15) is 15.5 Å². The molecule has 0 bridgehead atoms. The molecule has 0 saturated carbocycles. The quantitative estimate of drug-likeness (QED) is 0.751. The van der Waals surface area contributed by atoms with Crippen molar-refractivity contribution in [3.8, 4) is 0 Å². The van der Waals surface area contributed by atoms with Crippen molar-refractivity contribution in [2.75, 3.05) is 5.32 Å². The van der Waals surface area contributed by atoms with Crippen molar-refractivity contribution in [3.05, 3.63) is 40.6 Å². The van der Waals surface area contributed by atoms with Gasteiger partial charge in [-0.1, -0.05) is 11.6 Å². The van der Waals surface area contributed by atoms with Gasteiger partial charge in [-0.05, 0) is 18.2 Å². The SMILES string of the molecule is FC(F)(F)c1ccc(Nc2ccnc3nc(Cl)cnc23)s1. The number of rotatable bonds is 2. The fourth-order valence-corrected chi connectivity index (χ4v) is 2.61. The van der Waals surface area contributed by atoms with E-state index in [0.717, 1.165) is 6.07 Å². The number of pyridine rings is 1. The number of anilines is 2. The molecule has 4 nitrogen and oxygen atoms in total. The van der Waals surface area contributed by atoms with Crippen LogP contribution in [0.25, 0.3) is 11.2 Å². The van der Waals surface area contributed by atoms with Crippen molar-refractivity contribution < 1.29 is 13.2 Å². The van der Waals surface area contributed by atoms with Crippen molar-refractivity contribution >= 4 is 44.8 Å². The summed E-state index contributed by atoms with van der Waals surface area (Å²) in [5, 5.41) is 3.44. The molecule has 21 heavy (non-hydrogen) atoms. The first kappa shape index (κ1) is 14.0. The predicted molar refractivity (Wildman–Crippen MR) is 74.9 cm³/mol. The van der Waals surface area contributed by atoms with E-state index in [9.17, 15) is 13.2 Å². The number of thiophene rings is 1. The first-order valence-corrected chi connectivity index (χ1v) is 6.84. The van der Waals surface area contributed by atoms with E-state index >= 15 is 0 Å². The van der Waals surface area contributed by atoms with Gasteiger partial charge in [0.25, 0.3) is 0 Å². The summed E-state index contributed by atoms with van der Waals surface area (Å²) < 4.78 is 37.7. The maximum absolute atomic E-state index is 12.6. The summed E-state index contributed by atoms with van der Waals surface area (Å²) >= 11 is 6.34. The van der Waals surface area contributed by atoms with Crippen molar-refractivity contribution in [1.82, 2.24) is 15.0 Å². The van der Waals surface area contributed by atoms with Gasteiger partial charge in [0.05, 0.1) is 16.9 Å². The van der Waals surface area contributed by atoms with E-state index in [2.05, 4.69) is 20.3 Å². The average Bonchev–Trinajstić information content (AvgIpc) is 2.87. The Bertz CT molecular complexity index is 803. The normalized spacial score (nSPS) is 11.8. The highest BCUT2D eigenvalue weighted by molar-refractivity contribution is 7.16. The van der Waals surface area contributed by atoms with Crippen molar-refractivity contribution in [2.24, 2.45) is 0 Å². The Labute approximate surface area is 125 Å². The molecule has 0 aliphatic heterocycles.